The van der Waals surface area contributed by atoms with Crippen LogP contribution >= 0.6 is 18.7 Å². The lowest BCUT2D eigenvalue weighted by molar-refractivity contribution is 0.417. The number of nitrogens with zero attached hydrogens (tertiary/aromatic N) is 2. The van der Waals surface area contributed by atoms with Crippen LogP contribution in [0.15, 0.2) is 48.7 Å². The van der Waals surface area contributed by atoms with Gasteiger partial charge in [0.05, 0.1) is 19.0 Å². The number of hydrogen-bond donors (Lipinski definition) is 2. The van der Waals surface area contributed by atoms with E-state index in [1.54, 1.807) is 55.8 Å². The van der Waals surface area contributed by atoms with E-state index < -0.39 is 7.14 Å². The van der Waals surface area contributed by atoms with Gasteiger partial charge in [-0.25, -0.2) is 4.98 Å². The third kappa shape index (κ3) is 4.74. The molecular formula is C19H20ClN4O3P. The van der Waals surface area contributed by atoms with E-state index in [1.165, 1.54) is 13.3 Å². The van der Waals surface area contributed by atoms with Crippen molar-refractivity contribution in [1.29, 1.82) is 0 Å². The van der Waals surface area contributed by atoms with E-state index in [2.05, 4.69) is 15.3 Å². The van der Waals surface area contributed by atoms with E-state index in [4.69, 9.17) is 26.8 Å². The van der Waals surface area contributed by atoms with Crippen LogP contribution in [-0.4, -0.2) is 30.4 Å². The van der Waals surface area contributed by atoms with E-state index in [-0.39, 0.29) is 16.9 Å². The fourth-order valence-electron chi connectivity index (χ4n) is 2.41. The number of nitrogen functional groups attached to an aromatic ring is 1. The summed E-state index contributed by atoms with van der Waals surface area (Å²) in [5.41, 5.74) is 6.95. The molecule has 0 saturated heterocycles. The lowest BCUT2D eigenvalue weighted by Gasteiger charge is -2.14. The first kappa shape index (κ1) is 20.0. The van der Waals surface area contributed by atoms with E-state index in [1.807, 2.05) is 0 Å². The Balaban J connectivity index is 1.88. The molecule has 3 rings (SSSR count). The van der Waals surface area contributed by atoms with Gasteiger partial charge in [-0.2, -0.15) is 4.98 Å². The van der Waals surface area contributed by atoms with Crippen LogP contribution in [-0.2, 0) is 4.57 Å². The Labute approximate surface area is 168 Å². The van der Waals surface area contributed by atoms with Gasteiger partial charge in [-0.3, -0.25) is 0 Å². The molecule has 1 heterocycles. The number of benzene rings is 2. The molecule has 3 N–H and O–H groups in total. The molecular weight excluding hydrogens is 399 g/mol. The summed E-state index contributed by atoms with van der Waals surface area (Å²) >= 11 is 6.15. The quantitative estimate of drug-likeness (QED) is 0.449. The zero-order valence-electron chi connectivity index (χ0n) is 15.6. The predicted molar refractivity (Wildman–Crippen MR) is 113 cm³/mol. The number of halogens is 1. The van der Waals surface area contributed by atoms with Gasteiger partial charge in [-0.05, 0) is 43.7 Å². The second-order valence-electron chi connectivity index (χ2n) is 6.38. The third-order valence-corrected chi connectivity index (χ3v) is 5.62. The Hall–Kier alpha value is -2.76. The van der Waals surface area contributed by atoms with Crippen molar-refractivity contribution in [2.24, 2.45) is 0 Å². The Kier molecular flexibility index (Phi) is 5.77. The summed E-state index contributed by atoms with van der Waals surface area (Å²) < 4.78 is 23.4. The lowest BCUT2D eigenvalue weighted by Crippen LogP contribution is -2.06. The van der Waals surface area contributed by atoms with Crippen LogP contribution in [0.1, 0.15) is 0 Å². The summed E-state index contributed by atoms with van der Waals surface area (Å²) in [5.74, 6) is 1.49. The number of methoxy groups -OCH3 is 1. The Morgan fingerprint density at radius 3 is 2.64 bits per heavy atom. The smallest absolute Gasteiger partial charge is 0.243 e. The van der Waals surface area contributed by atoms with Gasteiger partial charge in [0.25, 0.3) is 0 Å². The van der Waals surface area contributed by atoms with Crippen molar-refractivity contribution < 1.29 is 14.0 Å². The van der Waals surface area contributed by atoms with Crippen LogP contribution in [0.5, 0.6) is 17.4 Å². The molecule has 0 fully saturated rings. The highest BCUT2D eigenvalue weighted by molar-refractivity contribution is 7.70. The lowest BCUT2D eigenvalue weighted by atomic mass is 10.3. The van der Waals surface area contributed by atoms with Crippen molar-refractivity contribution in [2.45, 2.75) is 0 Å². The van der Waals surface area contributed by atoms with Crippen molar-refractivity contribution in [2.75, 3.05) is 31.5 Å². The maximum atomic E-state index is 12.3. The normalized spacial score (nSPS) is 11.1. The summed E-state index contributed by atoms with van der Waals surface area (Å²) in [7, 11) is -0.865. The highest BCUT2D eigenvalue weighted by atomic mass is 35.5. The molecule has 9 heteroatoms. The monoisotopic (exact) mass is 418 g/mol. The molecule has 0 bridgehead atoms. The van der Waals surface area contributed by atoms with Gasteiger partial charge in [0, 0.05) is 17.1 Å². The van der Waals surface area contributed by atoms with Crippen LogP contribution in [0, 0.1) is 0 Å². The minimum Gasteiger partial charge on any atom is -0.495 e. The molecule has 0 aliphatic heterocycles. The fourth-order valence-corrected chi connectivity index (χ4v) is 3.40. The minimum absolute atomic E-state index is 0.187. The molecule has 0 spiro atoms. The summed E-state index contributed by atoms with van der Waals surface area (Å²) in [4.78, 5) is 8.48. The van der Waals surface area contributed by atoms with Crippen molar-refractivity contribution >= 4 is 41.4 Å². The second-order valence-corrected chi connectivity index (χ2v) is 10.0. The number of rotatable bonds is 6. The van der Waals surface area contributed by atoms with Crippen LogP contribution in [0.3, 0.4) is 0 Å². The molecule has 2 aromatic carbocycles. The van der Waals surface area contributed by atoms with Crippen molar-refractivity contribution in [1.82, 2.24) is 9.97 Å². The molecule has 0 aliphatic carbocycles. The van der Waals surface area contributed by atoms with Gasteiger partial charge in [-0.1, -0.05) is 17.7 Å². The Morgan fingerprint density at radius 2 is 1.96 bits per heavy atom. The third-order valence-electron chi connectivity index (χ3n) is 3.84. The molecule has 7 nitrogen and oxygen atoms in total. The summed E-state index contributed by atoms with van der Waals surface area (Å²) in [6, 6.07) is 12.2. The van der Waals surface area contributed by atoms with Gasteiger partial charge in [0.1, 0.15) is 23.7 Å². The molecule has 146 valence electrons. The van der Waals surface area contributed by atoms with Crippen molar-refractivity contribution in [3.8, 4) is 17.4 Å². The first-order valence-corrected chi connectivity index (χ1v) is 11.3. The Morgan fingerprint density at radius 1 is 1.18 bits per heavy atom. The number of nitrogens with two attached hydrogens (primary N) is 1. The Bertz CT molecular complexity index is 1060. The summed E-state index contributed by atoms with van der Waals surface area (Å²) in [5, 5.41) is 4.04. The highest BCUT2D eigenvalue weighted by Crippen LogP contribution is 2.38. The number of ether oxygens (including phenoxy) is 2. The van der Waals surface area contributed by atoms with Crippen molar-refractivity contribution in [3.63, 3.8) is 0 Å². The van der Waals surface area contributed by atoms with Crippen LogP contribution in [0.25, 0.3) is 0 Å². The van der Waals surface area contributed by atoms with Gasteiger partial charge in [0.15, 0.2) is 0 Å². The van der Waals surface area contributed by atoms with E-state index in [0.717, 1.165) is 5.30 Å². The fraction of sp³-hybridized carbons (Fsp3) is 0.158. The summed E-state index contributed by atoms with van der Waals surface area (Å²) in [6.45, 7) is 3.41. The molecule has 0 atom stereocenters. The standard InChI is InChI=1S/C19H20ClN4O3P/c1-26-17-10-14(28(2,3)25)7-8-16(17)23-19-22-11-15(20)18(24-19)27-13-6-4-5-12(21)9-13/h4-11H,21H2,1-3H3,(H,22,23,24). The first-order valence-electron chi connectivity index (χ1n) is 8.33. The van der Waals surface area contributed by atoms with Gasteiger partial charge < -0.3 is 25.1 Å². The molecule has 0 saturated carbocycles. The van der Waals surface area contributed by atoms with E-state index in [9.17, 15) is 4.57 Å². The number of aromatic nitrogens is 2. The maximum Gasteiger partial charge on any atom is 0.243 e. The van der Waals surface area contributed by atoms with Crippen LogP contribution in [0.2, 0.25) is 5.02 Å². The van der Waals surface area contributed by atoms with Gasteiger partial charge in [-0.15, -0.1) is 0 Å². The predicted octanol–water partition coefficient (Wildman–Crippen LogP) is 4.50. The number of anilines is 3. The number of nitrogens with one attached hydrogen (secondary N) is 1. The van der Waals surface area contributed by atoms with E-state index in [0.29, 0.717) is 22.9 Å². The zero-order chi connectivity index (χ0) is 20.3. The largest absolute Gasteiger partial charge is 0.495 e. The average Bonchev–Trinajstić information content (AvgIpc) is 2.64. The second kappa shape index (κ2) is 8.09. The molecule has 3 aromatic rings. The van der Waals surface area contributed by atoms with Crippen molar-refractivity contribution in [3.05, 3.63) is 53.7 Å². The molecule has 28 heavy (non-hydrogen) atoms. The van der Waals surface area contributed by atoms with Crippen LogP contribution < -0.4 is 25.8 Å². The first-order chi connectivity index (χ1) is 13.3. The zero-order valence-corrected chi connectivity index (χ0v) is 17.3. The van der Waals surface area contributed by atoms with Gasteiger partial charge >= 0.3 is 0 Å². The molecule has 0 radical (unpaired) electrons. The molecule has 0 unspecified atom stereocenters. The molecule has 0 amide bonds. The number of hydrogen-bond acceptors (Lipinski definition) is 7. The maximum absolute atomic E-state index is 12.3. The average molecular weight is 419 g/mol. The minimum atomic E-state index is -2.40. The summed E-state index contributed by atoms with van der Waals surface area (Å²) in [6.07, 6.45) is 1.44. The van der Waals surface area contributed by atoms with Gasteiger partial charge in [0.2, 0.25) is 11.8 Å². The highest BCUT2D eigenvalue weighted by Gasteiger charge is 2.15. The van der Waals surface area contributed by atoms with Crippen LogP contribution in [0.4, 0.5) is 17.3 Å². The van der Waals surface area contributed by atoms with E-state index >= 15 is 0 Å². The molecule has 1 aromatic heterocycles. The SMILES string of the molecule is COc1cc(P(C)(C)=O)ccc1Nc1ncc(Cl)c(Oc2cccc(N)c2)n1. The topological polar surface area (TPSA) is 99.4 Å². The molecule has 0 aliphatic rings.